The summed E-state index contributed by atoms with van der Waals surface area (Å²) in [5.41, 5.74) is 0.710. The van der Waals surface area contributed by atoms with Crippen LogP contribution in [0.5, 0.6) is 0 Å². The summed E-state index contributed by atoms with van der Waals surface area (Å²) in [4.78, 5) is 5.00. The normalized spacial score (nSPS) is 26.8. The second kappa shape index (κ2) is 6.44. The fraction of sp³-hybridized carbons (Fsp3) is 0.471. The molecular formula is C17H20N2O4S2. The van der Waals surface area contributed by atoms with Crippen molar-refractivity contribution in [2.45, 2.75) is 4.21 Å². The summed E-state index contributed by atoms with van der Waals surface area (Å²) in [7, 11) is -1.85. The Hall–Kier alpha value is -1.32. The Morgan fingerprint density at radius 2 is 2.32 bits per heavy atom. The number of fused-ring (bicyclic) bond motifs is 1. The lowest BCUT2D eigenvalue weighted by molar-refractivity contribution is 0.0601. The van der Waals surface area contributed by atoms with Crippen molar-refractivity contribution in [1.29, 1.82) is 0 Å². The van der Waals surface area contributed by atoms with Crippen LogP contribution in [0.25, 0.3) is 10.4 Å². The minimum absolute atomic E-state index is 0.194. The zero-order valence-corrected chi connectivity index (χ0v) is 15.6. The quantitative estimate of drug-likeness (QED) is 0.795. The fourth-order valence-corrected chi connectivity index (χ4v) is 6.74. The highest BCUT2D eigenvalue weighted by Crippen LogP contribution is 2.44. The molecule has 2 saturated heterocycles. The average Bonchev–Trinajstić information content (AvgIpc) is 3.30. The Morgan fingerprint density at radius 3 is 3.08 bits per heavy atom. The van der Waals surface area contributed by atoms with Gasteiger partial charge in [0.2, 0.25) is 0 Å². The van der Waals surface area contributed by atoms with E-state index < -0.39 is 10.0 Å². The van der Waals surface area contributed by atoms with Crippen LogP contribution in [0.2, 0.25) is 0 Å². The van der Waals surface area contributed by atoms with E-state index in [4.69, 9.17) is 9.47 Å². The molecular weight excluding hydrogens is 360 g/mol. The highest BCUT2D eigenvalue weighted by Gasteiger charge is 2.53. The third kappa shape index (κ3) is 2.92. The molecule has 2 atom stereocenters. The number of aromatic nitrogens is 1. The fourth-order valence-electron chi connectivity index (χ4n) is 3.71. The number of nitrogens with zero attached hydrogens (tertiary/aromatic N) is 2. The summed E-state index contributed by atoms with van der Waals surface area (Å²) in [6.07, 6.45) is 3.45. The van der Waals surface area contributed by atoms with Crippen molar-refractivity contribution in [3.63, 3.8) is 0 Å². The van der Waals surface area contributed by atoms with Crippen LogP contribution in [0.4, 0.5) is 0 Å². The molecule has 0 unspecified atom stereocenters. The van der Waals surface area contributed by atoms with E-state index in [0.29, 0.717) is 37.1 Å². The molecule has 2 fully saturated rings. The van der Waals surface area contributed by atoms with Gasteiger partial charge in [0.05, 0.1) is 19.8 Å². The first-order valence-electron chi connectivity index (χ1n) is 8.12. The van der Waals surface area contributed by atoms with Crippen molar-refractivity contribution in [2.24, 2.45) is 11.3 Å². The molecule has 2 aromatic heterocycles. The van der Waals surface area contributed by atoms with Gasteiger partial charge in [-0.2, -0.15) is 4.31 Å². The molecule has 0 radical (unpaired) electrons. The second-order valence-corrected chi connectivity index (χ2v) is 9.91. The minimum atomic E-state index is -3.50. The van der Waals surface area contributed by atoms with Crippen molar-refractivity contribution >= 4 is 21.4 Å². The van der Waals surface area contributed by atoms with Crippen molar-refractivity contribution < 1.29 is 17.9 Å². The summed E-state index contributed by atoms with van der Waals surface area (Å²) in [5, 5.41) is 0. The molecule has 4 heterocycles. The van der Waals surface area contributed by atoms with E-state index in [1.807, 2.05) is 18.2 Å². The maximum atomic E-state index is 13.1. The van der Waals surface area contributed by atoms with Crippen molar-refractivity contribution in [2.75, 3.05) is 40.0 Å². The first-order valence-corrected chi connectivity index (χ1v) is 10.4. The van der Waals surface area contributed by atoms with E-state index in [0.717, 1.165) is 10.4 Å². The zero-order valence-electron chi connectivity index (χ0n) is 13.9. The Kier molecular flexibility index (Phi) is 4.41. The van der Waals surface area contributed by atoms with Crippen LogP contribution >= 0.6 is 11.3 Å². The number of pyridine rings is 1. The number of methoxy groups -OCH3 is 1. The Morgan fingerprint density at radius 1 is 1.44 bits per heavy atom. The van der Waals surface area contributed by atoms with Crippen LogP contribution in [0, 0.1) is 11.3 Å². The summed E-state index contributed by atoms with van der Waals surface area (Å²) < 4.78 is 39.1. The molecule has 0 spiro atoms. The van der Waals surface area contributed by atoms with Gasteiger partial charge < -0.3 is 9.47 Å². The molecule has 0 aromatic carbocycles. The van der Waals surface area contributed by atoms with E-state index in [-0.39, 0.29) is 11.3 Å². The van der Waals surface area contributed by atoms with Crippen molar-refractivity contribution in [3.05, 3.63) is 36.7 Å². The largest absolute Gasteiger partial charge is 0.384 e. The Bertz CT molecular complexity index is 853. The van der Waals surface area contributed by atoms with Crippen LogP contribution in [0.1, 0.15) is 0 Å². The summed E-state index contributed by atoms with van der Waals surface area (Å²) >= 11 is 1.29. The third-order valence-electron chi connectivity index (χ3n) is 5.04. The molecule has 2 aromatic rings. The standard InChI is InChI=1S/C17H20N2O4S2/c1-22-11-17-10-19(8-14(17)9-23-12-17)25(20,21)16-5-4-15(24-16)13-3-2-6-18-7-13/h2-7,14H,8-12H2,1H3/t14-,17-/m0/s1. The molecule has 0 amide bonds. The van der Waals surface area contributed by atoms with Gasteiger partial charge in [0.15, 0.2) is 0 Å². The molecule has 2 aliphatic rings. The molecule has 0 saturated carbocycles. The summed E-state index contributed by atoms with van der Waals surface area (Å²) in [6, 6.07) is 7.31. The maximum absolute atomic E-state index is 13.1. The Labute approximate surface area is 151 Å². The molecule has 2 aliphatic heterocycles. The molecule has 0 bridgehead atoms. The first-order chi connectivity index (χ1) is 12.0. The molecule has 6 nitrogen and oxygen atoms in total. The highest BCUT2D eigenvalue weighted by atomic mass is 32.2. The van der Waals surface area contributed by atoms with Gasteiger partial charge in [0.25, 0.3) is 10.0 Å². The van der Waals surface area contributed by atoms with Gasteiger partial charge in [-0.25, -0.2) is 8.42 Å². The predicted molar refractivity (Wildman–Crippen MR) is 94.9 cm³/mol. The summed E-state index contributed by atoms with van der Waals surface area (Å²) in [6.45, 7) is 2.62. The molecule has 4 rings (SSSR count). The highest BCUT2D eigenvalue weighted by molar-refractivity contribution is 7.91. The lowest BCUT2D eigenvalue weighted by Crippen LogP contribution is -2.36. The lowest BCUT2D eigenvalue weighted by Gasteiger charge is -2.25. The van der Waals surface area contributed by atoms with Crippen molar-refractivity contribution in [3.8, 4) is 10.4 Å². The predicted octanol–water partition coefficient (Wildman–Crippen LogP) is 2.09. The van der Waals surface area contributed by atoms with E-state index in [2.05, 4.69) is 4.98 Å². The van der Waals surface area contributed by atoms with Crippen LogP contribution in [0.15, 0.2) is 40.9 Å². The van der Waals surface area contributed by atoms with Gasteiger partial charge in [-0.05, 0) is 18.2 Å². The molecule has 25 heavy (non-hydrogen) atoms. The van der Waals surface area contributed by atoms with E-state index in [9.17, 15) is 8.42 Å². The SMILES string of the molecule is COC[C@@]12COC[C@@H]1CN(S(=O)(=O)c1ccc(-c3cccnc3)s1)C2. The van der Waals surface area contributed by atoms with E-state index >= 15 is 0 Å². The lowest BCUT2D eigenvalue weighted by atomic mass is 9.82. The molecule has 8 heteroatoms. The number of rotatable bonds is 5. The van der Waals surface area contributed by atoms with Gasteiger partial charge in [-0.3, -0.25) is 4.98 Å². The van der Waals surface area contributed by atoms with Crippen LogP contribution in [-0.4, -0.2) is 57.7 Å². The first kappa shape index (κ1) is 17.1. The molecule has 0 aliphatic carbocycles. The summed E-state index contributed by atoms with van der Waals surface area (Å²) in [5.74, 6) is 0.194. The smallest absolute Gasteiger partial charge is 0.252 e. The molecule has 0 N–H and O–H groups in total. The number of thiophene rings is 1. The molecule has 134 valence electrons. The van der Waals surface area contributed by atoms with Gasteiger partial charge in [0, 0.05) is 54.4 Å². The number of hydrogen-bond acceptors (Lipinski definition) is 6. The minimum Gasteiger partial charge on any atom is -0.384 e. The van der Waals surface area contributed by atoms with Crippen molar-refractivity contribution in [1.82, 2.24) is 9.29 Å². The van der Waals surface area contributed by atoms with E-state index in [1.165, 1.54) is 11.3 Å². The monoisotopic (exact) mass is 380 g/mol. The topological polar surface area (TPSA) is 68.7 Å². The second-order valence-electron chi connectivity index (χ2n) is 6.67. The zero-order chi connectivity index (χ0) is 17.5. The van der Waals surface area contributed by atoms with Crippen LogP contribution in [0.3, 0.4) is 0 Å². The average molecular weight is 380 g/mol. The van der Waals surface area contributed by atoms with Gasteiger partial charge >= 0.3 is 0 Å². The van der Waals surface area contributed by atoms with Crippen LogP contribution in [-0.2, 0) is 19.5 Å². The number of ether oxygens (including phenoxy) is 2. The third-order valence-corrected chi connectivity index (χ3v) is 8.46. The number of hydrogen-bond donors (Lipinski definition) is 0. The van der Waals surface area contributed by atoms with Gasteiger partial charge in [-0.1, -0.05) is 6.07 Å². The maximum Gasteiger partial charge on any atom is 0.252 e. The van der Waals surface area contributed by atoms with E-state index in [1.54, 1.807) is 29.9 Å². The van der Waals surface area contributed by atoms with Gasteiger partial charge in [-0.15, -0.1) is 11.3 Å². The van der Waals surface area contributed by atoms with Crippen LogP contribution < -0.4 is 0 Å². The van der Waals surface area contributed by atoms with Gasteiger partial charge in [0.1, 0.15) is 4.21 Å². The number of sulfonamides is 1. The Balaban J connectivity index is 1.60.